The highest BCUT2D eigenvalue weighted by atomic mass is 16.5. The number of benzene rings is 1. The minimum Gasteiger partial charge on any atom is -0.464 e. The first kappa shape index (κ1) is 14.6. The second-order valence-corrected chi connectivity index (χ2v) is 5.37. The number of hydrogen-bond donors (Lipinski definition) is 0. The molecule has 1 heterocycles. The Morgan fingerprint density at radius 1 is 1.25 bits per heavy atom. The zero-order valence-electron chi connectivity index (χ0n) is 12.7. The Morgan fingerprint density at radius 2 is 2.00 bits per heavy atom. The summed E-state index contributed by atoms with van der Waals surface area (Å²) in [6.07, 6.45) is 2.72. The van der Waals surface area contributed by atoms with Crippen LogP contribution in [-0.4, -0.2) is 17.1 Å². The van der Waals surface area contributed by atoms with Crippen molar-refractivity contribution in [3.05, 3.63) is 36.0 Å². The Kier molecular flexibility index (Phi) is 4.48. The van der Waals surface area contributed by atoms with E-state index in [2.05, 4.69) is 38.1 Å². The zero-order valence-corrected chi connectivity index (χ0v) is 12.7. The second kappa shape index (κ2) is 6.12. The Morgan fingerprint density at radius 3 is 2.60 bits per heavy atom. The van der Waals surface area contributed by atoms with Gasteiger partial charge in [-0.25, -0.2) is 4.79 Å². The number of esters is 1. The molecule has 0 fully saturated rings. The zero-order chi connectivity index (χ0) is 14.7. The molecule has 0 bridgehead atoms. The Balaban J connectivity index is 2.41. The van der Waals surface area contributed by atoms with Crippen molar-refractivity contribution >= 4 is 16.9 Å². The largest absolute Gasteiger partial charge is 0.464 e. The maximum Gasteiger partial charge on any atom is 0.329 e. The number of fused-ring (bicyclic) bond motifs is 1. The van der Waals surface area contributed by atoms with E-state index in [0.717, 1.165) is 11.9 Å². The van der Waals surface area contributed by atoms with E-state index < -0.39 is 0 Å². The lowest BCUT2D eigenvalue weighted by atomic mass is 10.0. The van der Waals surface area contributed by atoms with Crippen molar-refractivity contribution in [1.82, 2.24) is 4.57 Å². The average Bonchev–Trinajstić information content (AvgIpc) is 2.83. The first-order valence-electron chi connectivity index (χ1n) is 7.35. The fraction of sp³-hybridized carbons (Fsp3) is 0.471. The van der Waals surface area contributed by atoms with Crippen molar-refractivity contribution in [1.29, 1.82) is 0 Å². The minimum atomic E-state index is -0.239. The van der Waals surface area contributed by atoms with Crippen LogP contribution in [0.3, 0.4) is 0 Å². The molecule has 3 heteroatoms. The third-order valence-corrected chi connectivity index (χ3v) is 3.69. The molecule has 0 aliphatic carbocycles. The van der Waals surface area contributed by atoms with E-state index in [1.165, 1.54) is 10.9 Å². The molecule has 20 heavy (non-hydrogen) atoms. The van der Waals surface area contributed by atoms with Crippen LogP contribution in [0.4, 0.5) is 0 Å². The molecule has 0 N–H and O–H groups in total. The van der Waals surface area contributed by atoms with Gasteiger partial charge in [0.2, 0.25) is 0 Å². The summed E-state index contributed by atoms with van der Waals surface area (Å²) in [6.45, 7) is 8.65. The lowest BCUT2D eigenvalue weighted by Crippen LogP contribution is -2.20. The van der Waals surface area contributed by atoms with Gasteiger partial charge in [-0.3, -0.25) is 0 Å². The molecule has 1 atom stereocenters. The summed E-state index contributed by atoms with van der Waals surface area (Å²) in [5, 5.41) is 1.18. The van der Waals surface area contributed by atoms with Gasteiger partial charge in [0.25, 0.3) is 0 Å². The number of carbonyl (C=O) groups excluding carboxylic acids is 1. The quantitative estimate of drug-likeness (QED) is 0.761. The van der Waals surface area contributed by atoms with Gasteiger partial charge < -0.3 is 9.30 Å². The molecule has 0 spiro atoms. The number of carbonyl (C=O) groups is 1. The van der Waals surface area contributed by atoms with Crippen LogP contribution in [0.2, 0.25) is 0 Å². The fourth-order valence-electron chi connectivity index (χ4n) is 2.53. The summed E-state index contributed by atoms with van der Waals surface area (Å²) in [7, 11) is 0. The SMILES string of the molecule is CCOC(=O)C(CC)n1ccc2cc(C(C)C)ccc21. The lowest BCUT2D eigenvalue weighted by Gasteiger charge is -2.17. The van der Waals surface area contributed by atoms with Crippen molar-refractivity contribution < 1.29 is 9.53 Å². The smallest absolute Gasteiger partial charge is 0.329 e. The Hall–Kier alpha value is -1.77. The predicted molar refractivity (Wildman–Crippen MR) is 82.0 cm³/mol. The Labute approximate surface area is 120 Å². The van der Waals surface area contributed by atoms with Crippen LogP contribution in [0.15, 0.2) is 30.5 Å². The molecule has 1 aromatic carbocycles. The van der Waals surface area contributed by atoms with Gasteiger partial charge in [-0.15, -0.1) is 0 Å². The van der Waals surface area contributed by atoms with Gasteiger partial charge in [0, 0.05) is 11.7 Å². The van der Waals surface area contributed by atoms with Crippen LogP contribution >= 0.6 is 0 Å². The van der Waals surface area contributed by atoms with E-state index in [-0.39, 0.29) is 12.0 Å². The number of rotatable bonds is 5. The standard InChI is InChI=1S/C17H23NO2/c1-5-15(17(19)20-6-2)18-10-9-14-11-13(12(3)4)7-8-16(14)18/h7-12,15H,5-6H2,1-4H3. The van der Waals surface area contributed by atoms with Gasteiger partial charge in [0.15, 0.2) is 0 Å². The molecule has 1 aromatic heterocycles. The van der Waals surface area contributed by atoms with Crippen LogP contribution in [0, 0.1) is 0 Å². The molecular weight excluding hydrogens is 250 g/mol. The predicted octanol–water partition coefficient (Wildman–Crippen LogP) is 4.28. The molecule has 2 rings (SSSR count). The van der Waals surface area contributed by atoms with Crippen molar-refractivity contribution in [3.8, 4) is 0 Å². The monoisotopic (exact) mass is 273 g/mol. The molecule has 1 unspecified atom stereocenters. The molecule has 3 nitrogen and oxygen atoms in total. The molecule has 0 saturated heterocycles. The van der Waals surface area contributed by atoms with Gasteiger partial charge in [-0.05, 0) is 48.4 Å². The second-order valence-electron chi connectivity index (χ2n) is 5.37. The fourth-order valence-corrected chi connectivity index (χ4v) is 2.53. The van der Waals surface area contributed by atoms with E-state index in [9.17, 15) is 4.79 Å². The molecule has 0 amide bonds. The van der Waals surface area contributed by atoms with E-state index in [0.29, 0.717) is 12.5 Å². The van der Waals surface area contributed by atoms with Crippen LogP contribution < -0.4 is 0 Å². The van der Waals surface area contributed by atoms with Crippen molar-refractivity contribution in [3.63, 3.8) is 0 Å². The molecule has 0 aliphatic heterocycles. The van der Waals surface area contributed by atoms with E-state index in [4.69, 9.17) is 4.74 Å². The number of hydrogen-bond acceptors (Lipinski definition) is 2. The third-order valence-electron chi connectivity index (χ3n) is 3.69. The van der Waals surface area contributed by atoms with E-state index in [1.54, 1.807) is 0 Å². The number of aromatic nitrogens is 1. The summed E-state index contributed by atoms with van der Waals surface area (Å²) < 4.78 is 7.20. The van der Waals surface area contributed by atoms with Gasteiger partial charge in [0.1, 0.15) is 6.04 Å². The number of nitrogens with zero attached hydrogens (tertiary/aromatic N) is 1. The summed E-state index contributed by atoms with van der Waals surface area (Å²) in [6, 6.07) is 8.28. The van der Waals surface area contributed by atoms with E-state index >= 15 is 0 Å². The van der Waals surface area contributed by atoms with Crippen LogP contribution in [0.1, 0.15) is 51.6 Å². The first-order valence-corrected chi connectivity index (χ1v) is 7.35. The molecule has 0 aliphatic rings. The van der Waals surface area contributed by atoms with Crippen LogP contribution in [0.25, 0.3) is 10.9 Å². The van der Waals surface area contributed by atoms with Gasteiger partial charge in [-0.1, -0.05) is 26.8 Å². The third kappa shape index (κ3) is 2.72. The number of ether oxygens (including phenoxy) is 1. The highest BCUT2D eigenvalue weighted by Crippen LogP contribution is 2.26. The van der Waals surface area contributed by atoms with Gasteiger partial charge in [-0.2, -0.15) is 0 Å². The van der Waals surface area contributed by atoms with Gasteiger partial charge >= 0.3 is 5.97 Å². The Bertz CT molecular complexity index is 598. The lowest BCUT2D eigenvalue weighted by molar-refractivity contribution is -0.147. The summed E-state index contributed by atoms with van der Waals surface area (Å²) in [4.78, 5) is 12.0. The van der Waals surface area contributed by atoms with Crippen LogP contribution in [0.5, 0.6) is 0 Å². The normalized spacial score (nSPS) is 12.8. The topological polar surface area (TPSA) is 31.2 Å². The van der Waals surface area contributed by atoms with Crippen LogP contribution in [-0.2, 0) is 9.53 Å². The summed E-state index contributed by atoms with van der Waals surface area (Å²) in [5.74, 6) is 0.357. The molecular formula is C17H23NO2. The van der Waals surface area contributed by atoms with Crippen molar-refractivity contribution in [2.45, 2.75) is 46.1 Å². The molecule has 108 valence electrons. The average molecular weight is 273 g/mol. The summed E-state index contributed by atoms with van der Waals surface area (Å²) in [5.41, 5.74) is 2.41. The first-order chi connectivity index (χ1) is 9.58. The maximum atomic E-state index is 12.0. The maximum absolute atomic E-state index is 12.0. The highest BCUT2D eigenvalue weighted by Gasteiger charge is 2.20. The van der Waals surface area contributed by atoms with Crippen molar-refractivity contribution in [2.75, 3.05) is 6.61 Å². The van der Waals surface area contributed by atoms with E-state index in [1.807, 2.05) is 24.6 Å². The molecule has 0 radical (unpaired) electrons. The summed E-state index contributed by atoms with van der Waals surface area (Å²) >= 11 is 0. The van der Waals surface area contributed by atoms with Gasteiger partial charge in [0.05, 0.1) is 6.61 Å². The molecule has 2 aromatic rings. The molecule has 0 saturated carbocycles. The minimum absolute atomic E-state index is 0.152. The highest BCUT2D eigenvalue weighted by molar-refractivity contribution is 5.84. The van der Waals surface area contributed by atoms with Crippen molar-refractivity contribution in [2.24, 2.45) is 0 Å².